The van der Waals surface area contributed by atoms with E-state index in [4.69, 9.17) is 14.2 Å². The Labute approximate surface area is 405 Å². The van der Waals surface area contributed by atoms with Crippen LogP contribution >= 0.6 is 0 Å². The summed E-state index contributed by atoms with van der Waals surface area (Å²) in [5, 5.41) is 0. The van der Waals surface area contributed by atoms with Crippen LogP contribution in [0.5, 0.6) is 0 Å². The number of hydrogen-bond donors (Lipinski definition) is 0. The fourth-order valence-electron chi connectivity index (χ4n) is 6.70. The van der Waals surface area contributed by atoms with E-state index >= 15 is 0 Å². The summed E-state index contributed by atoms with van der Waals surface area (Å²) in [4.78, 5) is 38.0. The topological polar surface area (TPSA) is 78.9 Å². The number of rotatable bonds is 46. The Kier molecular flexibility index (Phi) is 50.0. The van der Waals surface area contributed by atoms with Gasteiger partial charge in [-0.15, -0.1) is 0 Å². The van der Waals surface area contributed by atoms with Gasteiger partial charge in [0, 0.05) is 19.3 Å². The van der Waals surface area contributed by atoms with Crippen LogP contribution in [0.15, 0.2) is 122 Å². The van der Waals surface area contributed by atoms with Crippen LogP contribution in [-0.2, 0) is 28.6 Å². The van der Waals surface area contributed by atoms with Crippen molar-refractivity contribution in [3.05, 3.63) is 122 Å². The van der Waals surface area contributed by atoms with Crippen molar-refractivity contribution in [1.29, 1.82) is 0 Å². The second-order valence-electron chi connectivity index (χ2n) is 17.0. The molecule has 0 spiro atoms. The van der Waals surface area contributed by atoms with Crippen LogP contribution in [0.3, 0.4) is 0 Å². The first-order valence-electron chi connectivity index (χ1n) is 26.5. The zero-order chi connectivity index (χ0) is 47.9. The van der Waals surface area contributed by atoms with Gasteiger partial charge in [-0.25, -0.2) is 0 Å². The third-order valence-corrected chi connectivity index (χ3v) is 10.7. The Balaban J connectivity index is 4.59. The second-order valence-corrected chi connectivity index (χ2v) is 17.0. The Hall–Kier alpha value is -4.19. The first-order chi connectivity index (χ1) is 32.5. The van der Waals surface area contributed by atoms with Crippen LogP contribution < -0.4 is 0 Å². The van der Waals surface area contributed by atoms with E-state index in [9.17, 15) is 14.4 Å². The summed E-state index contributed by atoms with van der Waals surface area (Å²) in [6.07, 6.45) is 73.4. The smallest absolute Gasteiger partial charge is 0.306 e. The fraction of sp³-hybridized carbons (Fsp3) is 0.617. The van der Waals surface area contributed by atoms with Crippen LogP contribution in [0, 0.1) is 0 Å². The highest BCUT2D eigenvalue weighted by Crippen LogP contribution is 2.12. The van der Waals surface area contributed by atoms with E-state index in [1.54, 1.807) is 0 Å². The van der Waals surface area contributed by atoms with Gasteiger partial charge in [-0.05, 0) is 122 Å². The van der Waals surface area contributed by atoms with Crippen LogP contribution in [0.1, 0.15) is 220 Å². The van der Waals surface area contributed by atoms with Crippen LogP contribution in [0.2, 0.25) is 0 Å². The minimum absolute atomic E-state index is 0.124. The minimum Gasteiger partial charge on any atom is -0.462 e. The molecular formula is C60H96O6. The molecule has 66 heavy (non-hydrogen) atoms. The lowest BCUT2D eigenvalue weighted by Crippen LogP contribution is -2.30. The molecule has 0 heterocycles. The molecule has 0 aliphatic heterocycles. The minimum atomic E-state index is -0.835. The zero-order valence-electron chi connectivity index (χ0n) is 42.4. The van der Waals surface area contributed by atoms with Crippen molar-refractivity contribution in [2.24, 2.45) is 0 Å². The molecule has 1 atom stereocenters. The number of hydrogen-bond acceptors (Lipinski definition) is 6. The summed E-state index contributed by atoms with van der Waals surface area (Å²) in [7, 11) is 0. The van der Waals surface area contributed by atoms with Crippen molar-refractivity contribution in [2.75, 3.05) is 13.2 Å². The van der Waals surface area contributed by atoms with Gasteiger partial charge in [-0.1, -0.05) is 200 Å². The molecule has 0 saturated carbocycles. The summed E-state index contributed by atoms with van der Waals surface area (Å²) in [6, 6.07) is 0. The summed E-state index contributed by atoms with van der Waals surface area (Å²) in [5.74, 6) is -1.07. The Morgan fingerprint density at radius 2 is 0.621 bits per heavy atom. The van der Waals surface area contributed by atoms with E-state index in [-0.39, 0.29) is 44.0 Å². The Morgan fingerprint density at radius 1 is 0.318 bits per heavy atom. The molecule has 0 unspecified atom stereocenters. The average Bonchev–Trinajstić information content (AvgIpc) is 3.31. The standard InChI is InChI=1S/C60H96O6/c1-4-7-10-13-16-19-22-25-28-29-30-31-33-35-38-41-44-47-50-53-59(62)65-56-57(55-64-58(61)52-49-46-43-40-37-34-27-24-21-18-15-12-9-6-3)66-60(63)54-51-48-45-42-39-36-32-26-23-20-17-14-11-8-5-2/h7,10,16-17,19-20,24-28,30-32,35,38-39,42,44,47,57H,4-6,8-9,11-15,18,21-23,29,33-34,36-37,40-41,43,45-46,48-56H2,1-3H3/b10-7-,19-16-,20-17-,27-24-,28-25-,31-30-,32-26-,38-35-,42-39-,47-44-/t57-/m1/s1. The molecule has 6 nitrogen and oxygen atoms in total. The van der Waals surface area contributed by atoms with Crippen molar-refractivity contribution in [3.63, 3.8) is 0 Å². The highest BCUT2D eigenvalue weighted by Gasteiger charge is 2.19. The van der Waals surface area contributed by atoms with E-state index in [2.05, 4.69) is 130 Å². The van der Waals surface area contributed by atoms with Crippen molar-refractivity contribution < 1.29 is 28.6 Å². The molecule has 0 bridgehead atoms. The van der Waals surface area contributed by atoms with Crippen molar-refractivity contribution in [2.45, 2.75) is 226 Å². The number of esters is 3. The largest absolute Gasteiger partial charge is 0.462 e. The predicted octanol–water partition coefficient (Wildman–Crippen LogP) is 17.7. The SMILES string of the molecule is CC/C=C\C/C=C\C/C=C\C/C=C\C/C=C\C/C=C\CCC(=O)OC[C@@H](COC(=O)CCCCCCC/C=C\CCCCCCC)OC(=O)CCCC/C=C\C/C=C\C/C=C\CCCCC. The van der Waals surface area contributed by atoms with Gasteiger partial charge in [0.25, 0.3) is 0 Å². The van der Waals surface area contributed by atoms with Crippen molar-refractivity contribution >= 4 is 17.9 Å². The van der Waals surface area contributed by atoms with Gasteiger partial charge < -0.3 is 14.2 Å². The zero-order valence-corrected chi connectivity index (χ0v) is 42.4. The molecule has 0 aliphatic carbocycles. The molecule has 0 aromatic heterocycles. The normalized spacial score (nSPS) is 13.1. The fourth-order valence-corrected chi connectivity index (χ4v) is 6.70. The maximum absolute atomic E-state index is 12.8. The van der Waals surface area contributed by atoms with Crippen molar-refractivity contribution in [1.82, 2.24) is 0 Å². The number of carbonyl (C=O) groups is 3. The van der Waals surface area contributed by atoms with E-state index in [0.717, 1.165) is 96.3 Å². The first-order valence-corrected chi connectivity index (χ1v) is 26.5. The van der Waals surface area contributed by atoms with Gasteiger partial charge in [0.1, 0.15) is 13.2 Å². The third kappa shape index (κ3) is 50.8. The summed E-state index contributed by atoms with van der Waals surface area (Å²) < 4.78 is 16.7. The molecule has 372 valence electrons. The molecule has 0 amide bonds. The Morgan fingerprint density at radius 3 is 1.09 bits per heavy atom. The molecular weight excluding hydrogens is 817 g/mol. The molecule has 0 aromatic carbocycles. The Bertz CT molecular complexity index is 1420. The van der Waals surface area contributed by atoms with Gasteiger partial charge in [-0.2, -0.15) is 0 Å². The molecule has 6 heteroatoms. The predicted molar refractivity (Wildman–Crippen MR) is 283 cm³/mol. The molecule has 0 rings (SSSR count). The highest BCUT2D eigenvalue weighted by atomic mass is 16.6. The summed E-state index contributed by atoms with van der Waals surface area (Å²) >= 11 is 0. The molecule has 0 aromatic rings. The van der Waals surface area contributed by atoms with Crippen LogP contribution in [0.25, 0.3) is 0 Å². The number of unbranched alkanes of at least 4 members (excludes halogenated alkanes) is 15. The number of carbonyl (C=O) groups excluding carboxylic acids is 3. The van der Waals surface area contributed by atoms with Gasteiger partial charge in [0.2, 0.25) is 0 Å². The van der Waals surface area contributed by atoms with Crippen LogP contribution in [-0.4, -0.2) is 37.2 Å². The molecule has 0 saturated heterocycles. The van der Waals surface area contributed by atoms with E-state index < -0.39 is 6.10 Å². The summed E-state index contributed by atoms with van der Waals surface area (Å²) in [6.45, 7) is 6.36. The van der Waals surface area contributed by atoms with Crippen LogP contribution in [0.4, 0.5) is 0 Å². The number of ether oxygens (including phenoxy) is 3. The lowest BCUT2D eigenvalue weighted by atomic mass is 10.1. The third-order valence-electron chi connectivity index (χ3n) is 10.7. The molecule has 0 radical (unpaired) electrons. The molecule has 0 N–H and O–H groups in total. The van der Waals surface area contributed by atoms with Gasteiger partial charge >= 0.3 is 17.9 Å². The van der Waals surface area contributed by atoms with Gasteiger partial charge in [0.15, 0.2) is 6.10 Å². The van der Waals surface area contributed by atoms with Crippen molar-refractivity contribution in [3.8, 4) is 0 Å². The number of allylic oxidation sites excluding steroid dienone is 20. The monoisotopic (exact) mass is 913 g/mol. The second kappa shape index (κ2) is 53.4. The van der Waals surface area contributed by atoms with E-state index in [1.165, 1.54) is 70.6 Å². The molecule has 0 fully saturated rings. The highest BCUT2D eigenvalue weighted by molar-refractivity contribution is 5.71. The first kappa shape index (κ1) is 61.8. The lowest BCUT2D eigenvalue weighted by molar-refractivity contribution is -0.166. The lowest BCUT2D eigenvalue weighted by Gasteiger charge is -2.18. The maximum atomic E-state index is 12.8. The quantitative estimate of drug-likeness (QED) is 0.0262. The van der Waals surface area contributed by atoms with E-state index in [0.29, 0.717) is 19.3 Å². The average molecular weight is 913 g/mol. The van der Waals surface area contributed by atoms with Gasteiger partial charge in [0.05, 0.1) is 0 Å². The molecule has 0 aliphatic rings. The van der Waals surface area contributed by atoms with E-state index in [1.807, 2.05) is 12.2 Å². The summed E-state index contributed by atoms with van der Waals surface area (Å²) in [5.41, 5.74) is 0. The maximum Gasteiger partial charge on any atom is 0.306 e. The van der Waals surface area contributed by atoms with Gasteiger partial charge in [-0.3, -0.25) is 14.4 Å².